The lowest BCUT2D eigenvalue weighted by atomic mass is 10.2. The Kier molecular flexibility index (Phi) is 6.26. The lowest BCUT2D eigenvalue weighted by Crippen LogP contribution is -2.50. The normalized spacial score (nSPS) is 14.3. The van der Waals surface area contributed by atoms with Crippen molar-refractivity contribution >= 4 is 23.6 Å². The highest BCUT2D eigenvalue weighted by atomic mass is 16.6. The maximum atomic E-state index is 12.3. The fourth-order valence-electron chi connectivity index (χ4n) is 3.04. The molecule has 1 fully saturated rings. The standard InChI is InChI=1S/C22H27N3O4/c1-22(2,3)29-21(27)25-15-13-24(14-16-25)19-12-8-7-11-18(19)23-20(26)28-17-9-5-4-6-10-17/h4-12H,13-16H2,1-3H3,(H,23,26). The van der Waals surface area contributed by atoms with Crippen molar-refractivity contribution in [3.8, 4) is 5.75 Å². The Morgan fingerprint density at radius 3 is 2.17 bits per heavy atom. The van der Waals surface area contributed by atoms with Crippen LogP contribution in [0, 0.1) is 0 Å². The summed E-state index contributed by atoms with van der Waals surface area (Å²) in [6, 6.07) is 16.5. The molecule has 2 aromatic rings. The molecule has 1 N–H and O–H groups in total. The number of rotatable bonds is 3. The highest BCUT2D eigenvalue weighted by molar-refractivity contribution is 5.91. The second-order valence-corrected chi connectivity index (χ2v) is 7.80. The van der Waals surface area contributed by atoms with Crippen LogP contribution in [0.1, 0.15) is 20.8 Å². The summed E-state index contributed by atoms with van der Waals surface area (Å²) in [5.74, 6) is 0.480. The Morgan fingerprint density at radius 2 is 1.52 bits per heavy atom. The highest BCUT2D eigenvalue weighted by Gasteiger charge is 2.26. The molecule has 0 radical (unpaired) electrons. The number of carbonyl (C=O) groups excluding carboxylic acids is 2. The fourth-order valence-corrected chi connectivity index (χ4v) is 3.04. The zero-order valence-corrected chi connectivity index (χ0v) is 17.1. The van der Waals surface area contributed by atoms with E-state index in [2.05, 4.69) is 10.2 Å². The van der Waals surface area contributed by atoms with E-state index in [1.807, 2.05) is 51.1 Å². The molecule has 3 rings (SSSR count). The third kappa shape index (κ3) is 5.88. The predicted octanol–water partition coefficient (Wildman–Crippen LogP) is 4.35. The van der Waals surface area contributed by atoms with Crippen molar-refractivity contribution in [2.75, 3.05) is 36.4 Å². The van der Waals surface area contributed by atoms with Crippen LogP contribution < -0.4 is 15.0 Å². The first-order valence-corrected chi connectivity index (χ1v) is 9.67. The number of nitrogens with one attached hydrogen (secondary N) is 1. The molecule has 1 aliphatic rings. The number of para-hydroxylation sites is 3. The largest absolute Gasteiger partial charge is 0.444 e. The van der Waals surface area contributed by atoms with E-state index in [0.29, 0.717) is 37.6 Å². The number of anilines is 2. The van der Waals surface area contributed by atoms with Crippen molar-refractivity contribution in [1.29, 1.82) is 0 Å². The molecule has 7 heteroatoms. The van der Waals surface area contributed by atoms with Gasteiger partial charge in [0.1, 0.15) is 11.4 Å². The van der Waals surface area contributed by atoms with Gasteiger partial charge < -0.3 is 19.3 Å². The van der Waals surface area contributed by atoms with Crippen LogP contribution >= 0.6 is 0 Å². The minimum absolute atomic E-state index is 0.296. The molecule has 1 heterocycles. The number of carbonyl (C=O) groups is 2. The molecule has 154 valence electrons. The van der Waals surface area contributed by atoms with Gasteiger partial charge in [0.25, 0.3) is 0 Å². The molecule has 7 nitrogen and oxygen atoms in total. The smallest absolute Gasteiger partial charge is 0.417 e. The summed E-state index contributed by atoms with van der Waals surface area (Å²) in [4.78, 5) is 28.4. The fraction of sp³-hybridized carbons (Fsp3) is 0.364. The van der Waals surface area contributed by atoms with Crippen LogP contribution in [-0.4, -0.2) is 48.9 Å². The molecule has 29 heavy (non-hydrogen) atoms. The Balaban J connectivity index is 1.61. The molecular formula is C22H27N3O4. The van der Waals surface area contributed by atoms with Crippen molar-refractivity contribution in [2.24, 2.45) is 0 Å². The summed E-state index contributed by atoms with van der Waals surface area (Å²) < 4.78 is 10.8. The van der Waals surface area contributed by atoms with Gasteiger partial charge >= 0.3 is 12.2 Å². The van der Waals surface area contributed by atoms with Gasteiger partial charge in [-0.2, -0.15) is 0 Å². The lowest BCUT2D eigenvalue weighted by Gasteiger charge is -2.37. The molecule has 0 aromatic heterocycles. The third-order valence-electron chi connectivity index (χ3n) is 4.37. The molecule has 2 amide bonds. The van der Waals surface area contributed by atoms with Crippen LogP contribution in [0.3, 0.4) is 0 Å². The molecular weight excluding hydrogens is 370 g/mol. The predicted molar refractivity (Wildman–Crippen MR) is 113 cm³/mol. The van der Waals surface area contributed by atoms with E-state index >= 15 is 0 Å². The van der Waals surface area contributed by atoms with Crippen LogP contribution in [0.2, 0.25) is 0 Å². The second-order valence-electron chi connectivity index (χ2n) is 7.80. The van der Waals surface area contributed by atoms with E-state index in [-0.39, 0.29) is 6.09 Å². The molecule has 2 aromatic carbocycles. The van der Waals surface area contributed by atoms with Crippen LogP contribution in [0.25, 0.3) is 0 Å². The van der Waals surface area contributed by atoms with Gasteiger partial charge in [0.05, 0.1) is 11.4 Å². The quantitative estimate of drug-likeness (QED) is 0.833. The topological polar surface area (TPSA) is 71.1 Å². The van der Waals surface area contributed by atoms with E-state index in [1.54, 1.807) is 29.2 Å². The molecule has 0 saturated carbocycles. The number of hydrogen-bond donors (Lipinski definition) is 1. The van der Waals surface area contributed by atoms with Crippen LogP contribution in [0.5, 0.6) is 5.75 Å². The van der Waals surface area contributed by atoms with Crippen molar-refractivity contribution in [3.63, 3.8) is 0 Å². The Hall–Kier alpha value is -3.22. The third-order valence-corrected chi connectivity index (χ3v) is 4.37. The summed E-state index contributed by atoms with van der Waals surface area (Å²) >= 11 is 0. The number of hydrogen-bond acceptors (Lipinski definition) is 5. The number of nitrogens with zero attached hydrogens (tertiary/aromatic N) is 2. The maximum Gasteiger partial charge on any atom is 0.417 e. The van der Waals surface area contributed by atoms with Crippen LogP contribution in [0.4, 0.5) is 21.0 Å². The Bertz CT molecular complexity index is 841. The van der Waals surface area contributed by atoms with Gasteiger partial charge in [-0.15, -0.1) is 0 Å². The molecule has 0 aliphatic carbocycles. The summed E-state index contributed by atoms with van der Waals surface area (Å²) in [5, 5.41) is 2.81. The van der Waals surface area contributed by atoms with Crippen molar-refractivity contribution in [3.05, 3.63) is 54.6 Å². The number of ether oxygens (including phenoxy) is 2. The SMILES string of the molecule is CC(C)(C)OC(=O)N1CCN(c2ccccc2NC(=O)Oc2ccccc2)CC1. The zero-order valence-electron chi connectivity index (χ0n) is 17.1. The summed E-state index contributed by atoms with van der Waals surface area (Å²) in [6.07, 6.45) is -0.842. The van der Waals surface area contributed by atoms with Gasteiger partial charge in [-0.05, 0) is 45.0 Å². The number of piperazine rings is 1. The monoisotopic (exact) mass is 397 g/mol. The average Bonchev–Trinajstić information content (AvgIpc) is 2.68. The zero-order chi connectivity index (χ0) is 20.9. The van der Waals surface area contributed by atoms with Crippen molar-refractivity contribution in [2.45, 2.75) is 26.4 Å². The summed E-state index contributed by atoms with van der Waals surface area (Å²) in [6.45, 7) is 7.97. The molecule has 0 bridgehead atoms. The van der Waals surface area contributed by atoms with Gasteiger partial charge in [-0.1, -0.05) is 30.3 Å². The van der Waals surface area contributed by atoms with Crippen LogP contribution in [0.15, 0.2) is 54.6 Å². The lowest BCUT2D eigenvalue weighted by molar-refractivity contribution is 0.0240. The first kappa shape index (κ1) is 20.5. The van der Waals surface area contributed by atoms with E-state index in [9.17, 15) is 9.59 Å². The van der Waals surface area contributed by atoms with E-state index in [1.165, 1.54) is 0 Å². The minimum atomic E-state index is -0.545. The Morgan fingerprint density at radius 1 is 0.897 bits per heavy atom. The van der Waals surface area contributed by atoms with Crippen LogP contribution in [-0.2, 0) is 4.74 Å². The number of benzene rings is 2. The summed E-state index contributed by atoms with van der Waals surface area (Å²) in [5.41, 5.74) is 1.05. The molecule has 0 unspecified atom stereocenters. The molecule has 0 spiro atoms. The van der Waals surface area contributed by atoms with E-state index < -0.39 is 11.7 Å². The van der Waals surface area contributed by atoms with E-state index in [4.69, 9.17) is 9.47 Å². The van der Waals surface area contributed by atoms with Crippen molar-refractivity contribution in [1.82, 2.24) is 4.90 Å². The minimum Gasteiger partial charge on any atom is -0.444 e. The Labute approximate surface area is 171 Å². The maximum absolute atomic E-state index is 12.3. The molecule has 1 saturated heterocycles. The van der Waals surface area contributed by atoms with Gasteiger partial charge in [0, 0.05) is 26.2 Å². The van der Waals surface area contributed by atoms with Crippen molar-refractivity contribution < 1.29 is 19.1 Å². The first-order chi connectivity index (χ1) is 13.8. The second kappa shape index (κ2) is 8.86. The average molecular weight is 397 g/mol. The summed E-state index contributed by atoms with van der Waals surface area (Å²) in [7, 11) is 0. The van der Waals surface area contributed by atoms with E-state index in [0.717, 1.165) is 5.69 Å². The van der Waals surface area contributed by atoms with Gasteiger partial charge in [0.2, 0.25) is 0 Å². The van der Waals surface area contributed by atoms with Gasteiger partial charge in [-0.3, -0.25) is 5.32 Å². The van der Waals surface area contributed by atoms with Gasteiger partial charge in [0.15, 0.2) is 0 Å². The highest BCUT2D eigenvalue weighted by Crippen LogP contribution is 2.27. The molecule has 0 atom stereocenters. The van der Waals surface area contributed by atoms with Gasteiger partial charge in [-0.25, -0.2) is 9.59 Å². The number of amides is 2. The molecule has 1 aliphatic heterocycles. The first-order valence-electron chi connectivity index (χ1n) is 9.67.